The molecule has 0 aromatic heterocycles. The molecule has 0 atom stereocenters. The minimum Gasteiger partial charge on any atom is -0.379 e. The van der Waals surface area contributed by atoms with Crippen LogP contribution in [-0.2, 0) is 14.2 Å². The molecule has 4 heteroatoms. The molecule has 0 aliphatic rings. The predicted octanol–water partition coefficient (Wildman–Crippen LogP) is 3.40. The fraction of sp³-hybridized carbons (Fsp3) is 1.00. The van der Waals surface area contributed by atoms with Crippen molar-refractivity contribution in [2.24, 2.45) is 0 Å². The van der Waals surface area contributed by atoms with Gasteiger partial charge in [0.2, 0.25) is 0 Å². The Balaban J connectivity index is 2.90. The number of likely N-dealkylation sites (N-methyl/N-ethyl adjacent to an activating group) is 1. The molecule has 0 unspecified atom stereocenters. The van der Waals surface area contributed by atoms with Crippen LogP contribution in [-0.4, -0.2) is 53.2 Å². The van der Waals surface area contributed by atoms with Gasteiger partial charge in [0.05, 0.1) is 33.0 Å². The van der Waals surface area contributed by atoms with Gasteiger partial charge in [-0.05, 0) is 13.5 Å². The first-order chi connectivity index (χ1) is 10.4. The molecule has 0 fully saturated rings. The number of rotatable bonds is 18. The van der Waals surface area contributed by atoms with Crippen LogP contribution >= 0.6 is 0 Å². The number of nitrogens with one attached hydrogen (secondary N) is 1. The molecule has 0 spiro atoms. The number of unbranched alkanes of at least 4 members (excludes halogenated alkanes) is 7. The van der Waals surface area contributed by atoms with E-state index in [0.29, 0.717) is 26.4 Å². The summed E-state index contributed by atoms with van der Waals surface area (Å²) >= 11 is 0. The Labute approximate surface area is 131 Å². The van der Waals surface area contributed by atoms with Gasteiger partial charge in [-0.25, -0.2) is 0 Å². The first kappa shape index (κ1) is 20.8. The van der Waals surface area contributed by atoms with Gasteiger partial charge in [0.15, 0.2) is 0 Å². The maximum absolute atomic E-state index is 5.55. The molecule has 0 bridgehead atoms. The van der Waals surface area contributed by atoms with Crippen molar-refractivity contribution < 1.29 is 14.2 Å². The van der Waals surface area contributed by atoms with Crippen molar-refractivity contribution >= 4 is 0 Å². The highest BCUT2D eigenvalue weighted by atomic mass is 16.5. The third kappa shape index (κ3) is 19.8. The Morgan fingerprint density at radius 1 is 0.571 bits per heavy atom. The van der Waals surface area contributed by atoms with Crippen LogP contribution in [0.15, 0.2) is 0 Å². The lowest BCUT2D eigenvalue weighted by molar-refractivity contribution is 0.0146. The normalized spacial score (nSPS) is 11.1. The molecule has 0 aliphatic heterocycles. The Kier molecular flexibility index (Phi) is 19.7. The van der Waals surface area contributed by atoms with E-state index in [-0.39, 0.29) is 0 Å². The number of hydrogen-bond donors (Lipinski definition) is 1. The zero-order chi connectivity index (χ0) is 15.4. The van der Waals surface area contributed by atoms with Crippen molar-refractivity contribution in [3.63, 3.8) is 0 Å². The van der Waals surface area contributed by atoms with Gasteiger partial charge in [-0.1, -0.05) is 51.9 Å². The van der Waals surface area contributed by atoms with Gasteiger partial charge in [-0.2, -0.15) is 0 Å². The third-order valence-corrected chi connectivity index (χ3v) is 3.38. The smallest absolute Gasteiger partial charge is 0.0701 e. The minimum atomic E-state index is 0.658. The van der Waals surface area contributed by atoms with E-state index in [4.69, 9.17) is 14.2 Å². The van der Waals surface area contributed by atoms with Gasteiger partial charge in [0.25, 0.3) is 0 Å². The van der Waals surface area contributed by atoms with Crippen LogP contribution < -0.4 is 5.32 Å². The minimum absolute atomic E-state index is 0.658. The Morgan fingerprint density at radius 2 is 1.05 bits per heavy atom. The van der Waals surface area contributed by atoms with Crippen molar-refractivity contribution in [1.82, 2.24) is 5.32 Å². The van der Waals surface area contributed by atoms with Crippen LogP contribution in [0.3, 0.4) is 0 Å². The van der Waals surface area contributed by atoms with Gasteiger partial charge >= 0.3 is 0 Å². The molecule has 4 nitrogen and oxygen atoms in total. The molecule has 1 N–H and O–H groups in total. The summed E-state index contributed by atoms with van der Waals surface area (Å²) in [5.74, 6) is 0. The molecule has 0 aliphatic carbocycles. The molecule has 0 saturated carbocycles. The summed E-state index contributed by atoms with van der Waals surface area (Å²) in [7, 11) is 1.92. The van der Waals surface area contributed by atoms with Crippen molar-refractivity contribution in [3.05, 3.63) is 0 Å². The molecule has 0 aromatic rings. The molecular weight excluding hydrogens is 266 g/mol. The monoisotopic (exact) mass is 303 g/mol. The fourth-order valence-electron chi connectivity index (χ4n) is 2.05. The van der Waals surface area contributed by atoms with Crippen LogP contribution in [0.25, 0.3) is 0 Å². The fourth-order valence-corrected chi connectivity index (χ4v) is 2.05. The Bertz CT molecular complexity index is 161. The van der Waals surface area contributed by atoms with E-state index in [1.54, 1.807) is 0 Å². The summed E-state index contributed by atoms with van der Waals surface area (Å²) in [6.07, 6.45) is 10.8. The van der Waals surface area contributed by atoms with Crippen LogP contribution in [0.5, 0.6) is 0 Å². The molecule has 0 radical (unpaired) electrons. The van der Waals surface area contributed by atoms with Crippen molar-refractivity contribution in [2.45, 2.75) is 58.3 Å². The molecular formula is C17H37NO3. The highest BCUT2D eigenvalue weighted by Gasteiger charge is 1.93. The lowest BCUT2D eigenvalue weighted by Crippen LogP contribution is -2.16. The second-order valence-electron chi connectivity index (χ2n) is 5.42. The van der Waals surface area contributed by atoms with E-state index < -0.39 is 0 Å². The van der Waals surface area contributed by atoms with Crippen LogP contribution in [0.1, 0.15) is 58.3 Å². The lowest BCUT2D eigenvalue weighted by Gasteiger charge is -2.07. The van der Waals surface area contributed by atoms with Crippen LogP contribution in [0, 0.1) is 0 Å². The largest absolute Gasteiger partial charge is 0.379 e. The zero-order valence-electron chi connectivity index (χ0n) is 14.3. The molecule has 0 rings (SSSR count). The van der Waals surface area contributed by atoms with E-state index in [1.165, 1.54) is 51.4 Å². The summed E-state index contributed by atoms with van der Waals surface area (Å²) in [5, 5.41) is 3.03. The quantitative estimate of drug-likeness (QED) is 0.394. The third-order valence-electron chi connectivity index (χ3n) is 3.38. The maximum Gasteiger partial charge on any atom is 0.0701 e. The maximum atomic E-state index is 5.55. The number of hydrogen-bond acceptors (Lipinski definition) is 4. The summed E-state index contributed by atoms with van der Waals surface area (Å²) in [4.78, 5) is 0. The Morgan fingerprint density at radius 3 is 1.62 bits per heavy atom. The van der Waals surface area contributed by atoms with E-state index >= 15 is 0 Å². The summed E-state index contributed by atoms with van der Waals surface area (Å²) in [6.45, 7) is 7.47. The SMILES string of the molecule is CCCCCCCCCCOCCOCCOCCNC. The average molecular weight is 303 g/mol. The molecule has 128 valence electrons. The molecule has 0 heterocycles. The molecule has 0 amide bonds. The second kappa shape index (κ2) is 19.8. The van der Waals surface area contributed by atoms with Crippen molar-refractivity contribution in [3.8, 4) is 0 Å². The highest BCUT2D eigenvalue weighted by Crippen LogP contribution is 2.08. The van der Waals surface area contributed by atoms with Crippen LogP contribution in [0.2, 0.25) is 0 Å². The first-order valence-corrected chi connectivity index (χ1v) is 8.79. The van der Waals surface area contributed by atoms with Crippen molar-refractivity contribution in [2.75, 3.05) is 53.2 Å². The lowest BCUT2D eigenvalue weighted by atomic mass is 10.1. The first-order valence-electron chi connectivity index (χ1n) is 8.79. The van der Waals surface area contributed by atoms with Crippen molar-refractivity contribution in [1.29, 1.82) is 0 Å². The van der Waals surface area contributed by atoms with Crippen LogP contribution in [0.4, 0.5) is 0 Å². The van der Waals surface area contributed by atoms with Gasteiger partial charge < -0.3 is 19.5 Å². The van der Waals surface area contributed by atoms with E-state index in [0.717, 1.165) is 19.8 Å². The average Bonchev–Trinajstić information content (AvgIpc) is 2.50. The van der Waals surface area contributed by atoms with E-state index in [9.17, 15) is 0 Å². The molecule has 21 heavy (non-hydrogen) atoms. The summed E-state index contributed by atoms with van der Waals surface area (Å²) < 4.78 is 16.3. The predicted molar refractivity (Wildman–Crippen MR) is 89.0 cm³/mol. The zero-order valence-corrected chi connectivity index (χ0v) is 14.3. The second-order valence-corrected chi connectivity index (χ2v) is 5.42. The molecule has 0 saturated heterocycles. The van der Waals surface area contributed by atoms with Gasteiger partial charge in [0, 0.05) is 13.2 Å². The van der Waals surface area contributed by atoms with Gasteiger partial charge in [0.1, 0.15) is 0 Å². The topological polar surface area (TPSA) is 39.7 Å². The number of ether oxygens (including phenoxy) is 3. The highest BCUT2D eigenvalue weighted by molar-refractivity contribution is 4.46. The Hall–Kier alpha value is -0.160. The summed E-state index contributed by atoms with van der Waals surface area (Å²) in [6, 6.07) is 0. The van der Waals surface area contributed by atoms with Gasteiger partial charge in [-0.15, -0.1) is 0 Å². The standard InChI is InChI=1S/C17H37NO3/c1-3-4-5-6-7-8-9-10-12-19-14-16-21-17-15-20-13-11-18-2/h18H,3-17H2,1-2H3. The summed E-state index contributed by atoms with van der Waals surface area (Å²) in [5.41, 5.74) is 0. The van der Waals surface area contributed by atoms with Gasteiger partial charge in [-0.3, -0.25) is 0 Å². The van der Waals surface area contributed by atoms with E-state index in [2.05, 4.69) is 12.2 Å². The molecule has 0 aromatic carbocycles. The van der Waals surface area contributed by atoms with E-state index in [1.807, 2.05) is 7.05 Å².